The first-order valence-corrected chi connectivity index (χ1v) is 11.1. The Balaban J connectivity index is 1.76. The van der Waals surface area contributed by atoms with Gasteiger partial charge in [0.25, 0.3) is 0 Å². The fourth-order valence-corrected chi connectivity index (χ4v) is 4.75. The predicted molar refractivity (Wildman–Crippen MR) is 114 cm³/mol. The van der Waals surface area contributed by atoms with Gasteiger partial charge in [-0.3, -0.25) is 4.79 Å². The minimum Gasteiger partial charge on any atom is -0.324 e. The van der Waals surface area contributed by atoms with E-state index in [0.717, 1.165) is 25.9 Å². The van der Waals surface area contributed by atoms with Gasteiger partial charge < -0.3 is 5.32 Å². The second kappa shape index (κ2) is 8.26. The first kappa shape index (κ1) is 20.3. The van der Waals surface area contributed by atoms with Crippen LogP contribution in [-0.4, -0.2) is 32.2 Å². The summed E-state index contributed by atoms with van der Waals surface area (Å²) in [6.07, 6.45) is 0. The maximum absolute atomic E-state index is 12.8. The van der Waals surface area contributed by atoms with Gasteiger partial charge in [0.05, 0.1) is 11.4 Å². The Morgan fingerprint density at radius 3 is 2.46 bits per heavy atom. The molecule has 0 spiro atoms. The smallest absolute Gasteiger partial charge is 0.243 e. The number of amides is 1. The summed E-state index contributed by atoms with van der Waals surface area (Å²) in [5.74, 6) is -0.390. The molecule has 0 unspecified atom stereocenters. The summed E-state index contributed by atoms with van der Waals surface area (Å²) in [6, 6.07) is 16.4. The number of sulfonamides is 1. The van der Waals surface area contributed by atoms with Gasteiger partial charge >= 0.3 is 0 Å². The third kappa shape index (κ3) is 4.32. The first-order chi connectivity index (χ1) is 13.3. The van der Waals surface area contributed by atoms with Crippen molar-refractivity contribution in [1.29, 1.82) is 0 Å². The van der Waals surface area contributed by atoms with Crippen LogP contribution in [0.1, 0.15) is 11.1 Å². The molecule has 1 heterocycles. The monoisotopic (exact) mass is 414 g/mol. The molecule has 28 heavy (non-hydrogen) atoms. The molecule has 1 amide bonds. The average Bonchev–Trinajstić information content (AvgIpc) is 3.18. The summed E-state index contributed by atoms with van der Waals surface area (Å²) in [5, 5.41) is 4.81. The summed E-state index contributed by atoms with van der Waals surface area (Å²) in [7, 11) is -2.33. The fourth-order valence-electron chi connectivity index (χ4n) is 2.77. The highest BCUT2D eigenvalue weighted by Gasteiger charge is 2.23. The number of aryl methyl sites for hydroxylation is 2. The van der Waals surface area contributed by atoms with Crippen LogP contribution in [0.5, 0.6) is 0 Å². The average molecular weight is 415 g/mol. The third-order valence-corrected chi connectivity index (χ3v) is 7.24. The minimum atomic E-state index is -3.74. The van der Waals surface area contributed by atoms with E-state index in [1.807, 2.05) is 55.6 Å². The molecule has 0 atom stereocenters. The van der Waals surface area contributed by atoms with Crippen LogP contribution in [0.15, 0.2) is 64.9 Å². The molecule has 0 radical (unpaired) electrons. The quantitative estimate of drug-likeness (QED) is 0.654. The number of benzene rings is 2. The fraction of sp³-hybridized carbons (Fsp3) is 0.190. The van der Waals surface area contributed by atoms with E-state index in [-0.39, 0.29) is 17.3 Å². The van der Waals surface area contributed by atoms with Crippen molar-refractivity contribution < 1.29 is 13.2 Å². The van der Waals surface area contributed by atoms with E-state index in [4.69, 9.17) is 0 Å². The standard InChI is InChI=1S/C21H22N2O3S2/c1-15-10-11-17(13-16(15)2)28(25,26)23(3)14-21(24)22-19-8-5-4-7-18(19)20-9-6-12-27-20/h4-13H,14H2,1-3H3,(H,22,24). The molecule has 0 aliphatic rings. The number of hydrogen-bond acceptors (Lipinski definition) is 4. The number of carbonyl (C=O) groups excluding carboxylic acids is 1. The van der Waals surface area contributed by atoms with Gasteiger partial charge in [-0.2, -0.15) is 4.31 Å². The Morgan fingerprint density at radius 1 is 1.04 bits per heavy atom. The third-order valence-electron chi connectivity index (χ3n) is 4.54. The number of rotatable bonds is 6. The first-order valence-electron chi connectivity index (χ1n) is 8.75. The lowest BCUT2D eigenvalue weighted by atomic mass is 10.1. The van der Waals surface area contributed by atoms with Crippen LogP contribution in [0.4, 0.5) is 5.69 Å². The van der Waals surface area contributed by atoms with E-state index in [0.29, 0.717) is 5.69 Å². The van der Waals surface area contributed by atoms with Gasteiger partial charge in [-0.15, -0.1) is 11.3 Å². The molecule has 7 heteroatoms. The van der Waals surface area contributed by atoms with E-state index in [2.05, 4.69) is 5.32 Å². The van der Waals surface area contributed by atoms with Gasteiger partial charge in [0.15, 0.2) is 0 Å². The number of thiophene rings is 1. The van der Waals surface area contributed by atoms with Crippen LogP contribution in [0.25, 0.3) is 10.4 Å². The van der Waals surface area contributed by atoms with Crippen LogP contribution < -0.4 is 5.32 Å². The molecule has 0 bridgehead atoms. The minimum absolute atomic E-state index is 0.185. The van der Waals surface area contributed by atoms with Gasteiger partial charge in [0.1, 0.15) is 0 Å². The number of nitrogens with one attached hydrogen (secondary N) is 1. The molecule has 146 valence electrons. The van der Waals surface area contributed by atoms with Gasteiger partial charge in [-0.05, 0) is 54.6 Å². The molecule has 2 aromatic carbocycles. The molecule has 1 aromatic heterocycles. The maximum Gasteiger partial charge on any atom is 0.243 e. The maximum atomic E-state index is 12.8. The number of carbonyl (C=O) groups is 1. The zero-order valence-corrected chi connectivity index (χ0v) is 17.6. The second-order valence-corrected chi connectivity index (χ2v) is 9.57. The molecule has 0 saturated heterocycles. The van der Waals surface area contributed by atoms with Crippen molar-refractivity contribution in [1.82, 2.24) is 4.31 Å². The van der Waals surface area contributed by atoms with Crippen LogP contribution in [0, 0.1) is 13.8 Å². The molecule has 0 aliphatic carbocycles. The molecular formula is C21H22N2O3S2. The Bertz CT molecular complexity index is 1090. The van der Waals surface area contributed by atoms with Gasteiger partial charge in [-0.1, -0.05) is 30.3 Å². The highest BCUT2D eigenvalue weighted by molar-refractivity contribution is 7.89. The summed E-state index contributed by atoms with van der Waals surface area (Å²) >= 11 is 1.58. The molecule has 0 saturated carbocycles. The second-order valence-electron chi connectivity index (χ2n) is 6.58. The van der Waals surface area contributed by atoms with Crippen LogP contribution in [0.2, 0.25) is 0 Å². The number of anilines is 1. The Hall–Kier alpha value is -2.48. The highest BCUT2D eigenvalue weighted by atomic mass is 32.2. The Labute approximate surface area is 169 Å². The topological polar surface area (TPSA) is 66.5 Å². The van der Waals surface area contributed by atoms with E-state index < -0.39 is 10.0 Å². The Kier molecular flexibility index (Phi) is 5.98. The normalized spacial score (nSPS) is 11.6. The molecule has 3 rings (SSSR count). The lowest BCUT2D eigenvalue weighted by Gasteiger charge is -2.18. The number of para-hydroxylation sites is 1. The molecular weight excluding hydrogens is 392 g/mol. The zero-order chi connectivity index (χ0) is 20.3. The largest absolute Gasteiger partial charge is 0.324 e. The summed E-state index contributed by atoms with van der Waals surface area (Å²) < 4.78 is 26.6. The van der Waals surface area contributed by atoms with E-state index in [1.54, 1.807) is 29.5 Å². The predicted octanol–water partition coefficient (Wildman–Crippen LogP) is 4.29. The van der Waals surface area contributed by atoms with Crippen molar-refractivity contribution in [3.63, 3.8) is 0 Å². The van der Waals surface area contributed by atoms with Gasteiger partial charge in [0, 0.05) is 23.2 Å². The number of likely N-dealkylation sites (N-methyl/N-ethyl adjacent to an activating group) is 1. The summed E-state index contributed by atoms with van der Waals surface area (Å²) in [6.45, 7) is 3.52. The van der Waals surface area contributed by atoms with Crippen LogP contribution in [-0.2, 0) is 14.8 Å². The van der Waals surface area contributed by atoms with Crippen molar-refractivity contribution in [2.75, 3.05) is 18.9 Å². The molecule has 1 N–H and O–H groups in total. The molecule has 0 fully saturated rings. The molecule has 3 aromatic rings. The molecule has 5 nitrogen and oxygen atoms in total. The summed E-state index contributed by atoms with van der Waals surface area (Å²) in [5.41, 5.74) is 3.48. The van der Waals surface area contributed by atoms with E-state index >= 15 is 0 Å². The number of nitrogens with zero attached hydrogens (tertiary/aromatic N) is 1. The van der Waals surface area contributed by atoms with Crippen molar-refractivity contribution >= 4 is 33.0 Å². The van der Waals surface area contributed by atoms with Crippen molar-refractivity contribution in [2.24, 2.45) is 0 Å². The number of hydrogen-bond donors (Lipinski definition) is 1. The lowest BCUT2D eigenvalue weighted by molar-refractivity contribution is -0.116. The van der Waals surface area contributed by atoms with E-state index in [9.17, 15) is 13.2 Å². The van der Waals surface area contributed by atoms with E-state index in [1.165, 1.54) is 7.05 Å². The zero-order valence-electron chi connectivity index (χ0n) is 16.0. The lowest BCUT2D eigenvalue weighted by Crippen LogP contribution is -2.35. The van der Waals surface area contributed by atoms with Crippen LogP contribution >= 0.6 is 11.3 Å². The molecule has 0 aliphatic heterocycles. The van der Waals surface area contributed by atoms with Crippen molar-refractivity contribution in [2.45, 2.75) is 18.7 Å². The van der Waals surface area contributed by atoms with Crippen molar-refractivity contribution in [3.05, 3.63) is 71.1 Å². The SMILES string of the molecule is Cc1ccc(S(=O)(=O)N(C)CC(=O)Nc2ccccc2-c2cccs2)cc1C. The van der Waals surface area contributed by atoms with Gasteiger partial charge in [0.2, 0.25) is 15.9 Å². The summed E-state index contributed by atoms with van der Waals surface area (Å²) in [4.78, 5) is 13.7. The Morgan fingerprint density at radius 2 is 1.79 bits per heavy atom. The van der Waals surface area contributed by atoms with Gasteiger partial charge in [-0.25, -0.2) is 8.42 Å². The van der Waals surface area contributed by atoms with Crippen LogP contribution in [0.3, 0.4) is 0 Å². The highest BCUT2D eigenvalue weighted by Crippen LogP contribution is 2.31. The van der Waals surface area contributed by atoms with Crippen molar-refractivity contribution in [3.8, 4) is 10.4 Å².